The predicted octanol–water partition coefficient (Wildman–Crippen LogP) is 3.39. The molecule has 3 aromatic rings. The Bertz CT molecular complexity index is 734. The van der Waals surface area contributed by atoms with Crippen molar-refractivity contribution in [2.24, 2.45) is 0 Å². The molecule has 0 N–H and O–H groups in total. The Morgan fingerprint density at radius 1 is 1.16 bits per heavy atom. The zero-order valence-corrected chi connectivity index (χ0v) is 11.3. The van der Waals surface area contributed by atoms with Crippen LogP contribution in [0.1, 0.15) is 5.69 Å². The number of hydrogen-bond acceptors (Lipinski definition) is 3. The zero-order valence-electron chi connectivity index (χ0n) is 10.6. The van der Waals surface area contributed by atoms with Gasteiger partial charge in [-0.25, -0.2) is 9.67 Å². The van der Waals surface area contributed by atoms with E-state index in [1.165, 1.54) is 0 Å². The maximum Gasteiger partial charge on any atom is 0.164 e. The molecule has 0 saturated carbocycles. The molecule has 19 heavy (non-hydrogen) atoms. The first-order chi connectivity index (χ1) is 9.20. The standard InChI is InChI=1S/C14H12ClN3O/c1-9-13-12(15)7-8-16-14(13)18(17-9)10-3-5-11(19-2)6-4-10/h3-8H,1-2H3. The van der Waals surface area contributed by atoms with Crippen LogP contribution in [0.4, 0.5) is 0 Å². The van der Waals surface area contributed by atoms with Gasteiger partial charge < -0.3 is 4.74 Å². The Kier molecular flexibility index (Phi) is 2.87. The summed E-state index contributed by atoms with van der Waals surface area (Å²) in [5.74, 6) is 0.808. The molecule has 0 fully saturated rings. The number of aryl methyl sites for hydroxylation is 1. The van der Waals surface area contributed by atoms with Crippen molar-refractivity contribution in [3.8, 4) is 11.4 Å². The first-order valence-corrected chi connectivity index (χ1v) is 6.23. The molecule has 96 valence electrons. The lowest BCUT2D eigenvalue weighted by Crippen LogP contribution is -1.97. The van der Waals surface area contributed by atoms with Crippen molar-refractivity contribution >= 4 is 22.6 Å². The first kappa shape index (κ1) is 12.0. The van der Waals surface area contributed by atoms with Crippen LogP contribution in [-0.2, 0) is 0 Å². The predicted molar refractivity (Wildman–Crippen MR) is 75.2 cm³/mol. The molecule has 0 bridgehead atoms. The number of halogens is 1. The Labute approximate surface area is 115 Å². The molecule has 0 unspecified atom stereocenters. The van der Waals surface area contributed by atoms with Gasteiger partial charge in [0.15, 0.2) is 5.65 Å². The lowest BCUT2D eigenvalue weighted by Gasteiger charge is -2.04. The van der Waals surface area contributed by atoms with Crippen LogP contribution >= 0.6 is 11.6 Å². The fourth-order valence-corrected chi connectivity index (χ4v) is 2.35. The second-order valence-electron chi connectivity index (χ2n) is 4.19. The molecule has 0 spiro atoms. The first-order valence-electron chi connectivity index (χ1n) is 5.85. The van der Waals surface area contributed by atoms with Gasteiger partial charge in [-0.3, -0.25) is 0 Å². The summed E-state index contributed by atoms with van der Waals surface area (Å²) in [5.41, 5.74) is 2.55. The molecule has 0 aliphatic carbocycles. The van der Waals surface area contributed by atoms with Gasteiger partial charge in [0.1, 0.15) is 5.75 Å². The average molecular weight is 274 g/mol. The van der Waals surface area contributed by atoms with Crippen molar-refractivity contribution in [3.63, 3.8) is 0 Å². The zero-order chi connectivity index (χ0) is 13.4. The van der Waals surface area contributed by atoms with Crippen LogP contribution < -0.4 is 4.74 Å². The second kappa shape index (κ2) is 4.55. The molecule has 0 aliphatic rings. The minimum absolute atomic E-state index is 0.669. The SMILES string of the molecule is COc1ccc(-n2nc(C)c3c(Cl)ccnc32)cc1. The molecule has 0 radical (unpaired) electrons. The topological polar surface area (TPSA) is 39.9 Å². The number of fused-ring (bicyclic) bond motifs is 1. The summed E-state index contributed by atoms with van der Waals surface area (Å²) < 4.78 is 6.94. The minimum atomic E-state index is 0.669. The summed E-state index contributed by atoms with van der Waals surface area (Å²) in [6.45, 7) is 1.93. The molecular formula is C14H12ClN3O. The van der Waals surface area contributed by atoms with Crippen molar-refractivity contribution in [3.05, 3.63) is 47.2 Å². The molecule has 0 atom stereocenters. The van der Waals surface area contributed by atoms with E-state index in [2.05, 4.69) is 10.1 Å². The molecule has 2 heterocycles. The fourth-order valence-electron chi connectivity index (χ4n) is 2.07. The summed E-state index contributed by atoms with van der Waals surface area (Å²) in [4.78, 5) is 4.37. The van der Waals surface area contributed by atoms with E-state index in [4.69, 9.17) is 16.3 Å². The van der Waals surface area contributed by atoms with Crippen LogP contribution in [0.2, 0.25) is 5.02 Å². The summed E-state index contributed by atoms with van der Waals surface area (Å²) in [5, 5.41) is 6.06. The maximum absolute atomic E-state index is 6.20. The van der Waals surface area contributed by atoms with Gasteiger partial charge in [-0.2, -0.15) is 5.10 Å². The molecule has 5 heteroatoms. The van der Waals surface area contributed by atoms with Crippen molar-refractivity contribution in [1.82, 2.24) is 14.8 Å². The summed E-state index contributed by atoms with van der Waals surface area (Å²) in [6, 6.07) is 9.43. The molecule has 0 aliphatic heterocycles. The highest BCUT2D eigenvalue weighted by molar-refractivity contribution is 6.35. The van der Waals surface area contributed by atoms with E-state index in [1.54, 1.807) is 24.1 Å². The number of benzene rings is 1. The molecule has 3 rings (SSSR count). The largest absolute Gasteiger partial charge is 0.497 e. The number of aromatic nitrogens is 3. The van der Waals surface area contributed by atoms with Gasteiger partial charge >= 0.3 is 0 Å². The molecule has 4 nitrogen and oxygen atoms in total. The van der Waals surface area contributed by atoms with Gasteiger partial charge in [0.05, 0.1) is 28.9 Å². The lowest BCUT2D eigenvalue weighted by atomic mass is 10.3. The van der Waals surface area contributed by atoms with Gasteiger partial charge in [0.2, 0.25) is 0 Å². The van der Waals surface area contributed by atoms with Crippen LogP contribution in [0.25, 0.3) is 16.7 Å². The van der Waals surface area contributed by atoms with E-state index in [9.17, 15) is 0 Å². The van der Waals surface area contributed by atoms with Gasteiger partial charge in [-0.05, 0) is 37.3 Å². The van der Waals surface area contributed by atoms with E-state index >= 15 is 0 Å². The normalized spacial score (nSPS) is 10.9. The van der Waals surface area contributed by atoms with Crippen molar-refractivity contribution in [2.75, 3.05) is 7.11 Å². The van der Waals surface area contributed by atoms with Crippen LogP contribution in [-0.4, -0.2) is 21.9 Å². The number of nitrogens with zero attached hydrogens (tertiary/aromatic N) is 3. The molecule has 2 aromatic heterocycles. The molecule has 1 aromatic carbocycles. The third-order valence-corrected chi connectivity index (χ3v) is 3.32. The highest BCUT2D eigenvalue weighted by Gasteiger charge is 2.12. The van der Waals surface area contributed by atoms with E-state index in [1.807, 2.05) is 31.2 Å². The number of rotatable bonds is 2. The van der Waals surface area contributed by atoms with Crippen LogP contribution in [0, 0.1) is 6.92 Å². The number of pyridine rings is 1. The third kappa shape index (κ3) is 1.94. The lowest BCUT2D eigenvalue weighted by molar-refractivity contribution is 0.414. The third-order valence-electron chi connectivity index (χ3n) is 3.01. The van der Waals surface area contributed by atoms with Crippen LogP contribution in [0.15, 0.2) is 36.5 Å². The maximum atomic E-state index is 6.20. The van der Waals surface area contributed by atoms with Crippen molar-refractivity contribution in [1.29, 1.82) is 0 Å². The second-order valence-corrected chi connectivity index (χ2v) is 4.59. The summed E-state index contributed by atoms with van der Waals surface area (Å²) in [6.07, 6.45) is 1.69. The quantitative estimate of drug-likeness (QED) is 0.718. The summed E-state index contributed by atoms with van der Waals surface area (Å²) >= 11 is 6.20. The summed E-state index contributed by atoms with van der Waals surface area (Å²) in [7, 11) is 1.64. The van der Waals surface area contributed by atoms with Crippen molar-refractivity contribution in [2.45, 2.75) is 6.92 Å². The Morgan fingerprint density at radius 3 is 2.58 bits per heavy atom. The van der Waals surface area contributed by atoms with Crippen LogP contribution in [0.5, 0.6) is 5.75 Å². The van der Waals surface area contributed by atoms with E-state index in [0.29, 0.717) is 5.02 Å². The number of ether oxygens (including phenoxy) is 1. The smallest absolute Gasteiger partial charge is 0.164 e. The van der Waals surface area contributed by atoms with Crippen molar-refractivity contribution < 1.29 is 4.74 Å². The van der Waals surface area contributed by atoms with E-state index < -0.39 is 0 Å². The van der Waals surface area contributed by atoms with Crippen LogP contribution in [0.3, 0.4) is 0 Å². The molecular weight excluding hydrogens is 262 g/mol. The number of hydrogen-bond donors (Lipinski definition) is 0. The van der Waals surface area contributed by atoms with Gasteiger partial charge in [0.25, 0.3) is 0 Å². The Balaban J connectivity index is 2.22. The number of methoxy groups -OCH3 is 1. The monoisotopic (exact) mass is 273 g/mol. The fraction of sp³-hybridized carbons (Fsp3) is 0.143. The molecule has 0 amide bonds. The van der Waals surface area contributed by atoms with E-state index in [-0.39, 0.29) is 0 Å². The van der Waals surface area contributed by atoms with Gasteiger partial charge in [-0.15, -0.1) is 0 Å². The minimum Gasteiger partial charge on any atom is -0.497 e. The van der Waals surface area contributed by atoms with Gasteiger partial charge in [0, 0.05) is 6.20 Å². The van der Waals surface area contributed by atoms with Gasteiger partial charge in [-0.1, -0.05) is 11.6 Å². The highest BCUT2D eigenvalue weighted by atomic mass is 35.5. The average Bonchev–Trinajstić information content (AvgIpc) is 2.78. The highest BCUT2D eigenvalue weighted by Crippen LogP contribution is 2.27. The Hall–Kier alpha value is -2.07. The Morgan fingerprint density at radius 2 is 1.89 bits per heavy atom. The molecule has 0 saturated heterocycles. The van der Waals surface area contributed by atoms with E-state index in [0.717, 1.165) is 28.2 Å².